The van der Waals surface area contributed by atoms with Crippen LogP contribution in [0.5, 0.6) is 0 Å². The summed E-state index contributed by atoms with van der Waals surface area (Å²) in [5.41, 5.74) is 0.727. The highest BCUT2D eigenvalue weighted by molar-refractivity contribution is 6.05. The first-order valence-electron chi connectivity index (χ1n) is 9.43. The molecule has 1 amide bonds. The maximum atomic E-state index is 12.7. The van der Waals surface area contributed by atoms with Crippen molar-refractivity contribution in [3.05, 3.63) is 76.2 Å². The van der Waals surface area contributed by atoms with E-state index in [1.807, 2.05) is 44.2 Å². The van der Waals surface area contributed by atoms with Crippen LogP contribution >= 0.6 is 0 Å². The molecule has 7 nitrogen and oxygen atoms in total. The zero-order chi connectivity index (χ0) is 20.8. The fourth-order valence-electron chi connectivity index (χ4n) is 2.90. The Kier molecular flexibility index (Phi) is 6.39. The van der Waals surface area contributed by atoms with Crippen molar-refractivity contribution < 1.29 is 14.3 Å². The Morgan fingerprint density at radius 1 is 1.03 bits per heavy atom. The van der Waals surface area contributed by atoms with E-state index in [-0.39, 0.29) is 30.3 Å². The molecule has 0 saturated heterocycles. The van der Waals surface area contributed by atoms with Crippen molar-refractivity contribution in [3.63, 3.8) is 0 Å². The van der Waals surface area contributed by atoms with Crippen LogP contribution < -0.4 is 10.9 Å². The molecule has 2 aromatic carbocycles. The van der Waals surface area contributed by atoms with Gasteiger partial charge in [0.15, 0.2) is 5.69 Å². The lowest BCUT2D eigenvalue weighted by atomic mass is 10.1. The number of amides is 1. The Bertz CT molecular complexity index is 1070. The van der Waals surface area contributed by atoms with Crippen LogP contribution in [0.2, 0.25) is 0 Å². The number of ether oxygens (including phenoxy) is 1. The largest absolute Gasteiger partial charge is 0.460 e. The topological polar surface area (TPSA) is 90.3 Å². The summed E-state index contributed by atoms with van der Waals surface area (Å²) in [6, 6.07) is 16.1. The minimum absolute atomic E-state index is 0.108. The van der Waals surface area contributed by atoms with Gasteiger partial charge in [-0.2, -0.15) is 5.10 Å². The van der Waals surface area contributed by atoms with Crippen molar-refractivity contribution in [2.45, 2.75) is 27.0 Å². The molecule has 7 heteroatoms. The average molecular weight is 393 g/mol. The molecule has 0 aliphatic rings. The van der Waals surface area contributed by atoms with E-state index in [4.69, 9.17) is 4.74 Å². The maximum absolute atomic E-state index is 12.7. The molecule has 0 aliphatic carbocycles. The molecule has 0 saturated carbocycles. The predicted octanol–water partition coefficient (Wildman–Crippen LogP) is 2.53. The number of esters is 1. The number of fused-ring (bicyclic) bond motifs is 1. The summed E-state index contributed by atoms with van der Waals surface area (Å²) in [5, 5.41) is 7.66. The number of hydrogen-bond donors (Lipinski definition) is 1. The molecule has 29 heavy (non-hydrogen) atoms. The molecule has 0 bridgehead atoms. The molecule has 0 fully saturated rings. The molecule has 3 rings (SSSR count). The lowest BCUT2D eigenvalue weighted by molar-refractivity contribution is -0.143. The second-order valence-electron chi connectivity index (χ2n) is 7.10. The van der Waals surface area contributed by atoms with Crippen LogP contribution in [0.4, 0.5) is 0 Å². The van der Waals surface area contributed by atoms with Crippen LogP contribution in [-0.2, 0) is 22.7 Å². The van der Waals surface area contributed by atoms with E-state index in [1.54, 1.807) is 24.3 Å². The van der Waals surface area contributed by atoms with Gasteiger partial charge in [-0.1, -0.05) is 62.4 Å². The third-order valence-electron chi connectivity index (χ3n) is 4.26. The summed E-state index contributed by atoms with van der Waals surface area (Å²) in [6.45, 7) is 4.17. The first-order valence-corrected chi connectivity index (χ1v) is 9.43. The van der Waals surface area contributed by atoms with E-state index in [0.29, 0.717) is 17.3 Å². The predicted molar refractivity (Wildman–Crippen MR) is 109 cm³/mol. The van der Waals surface area contributed by atoms with E-state index in [1.165, 1.54) is 4.68 Å². The summed E-state index contributed by atoms with van der Waals surface area (Å²) in [6.07, 6.45) is 0. The molecule has 150 valence electrons. The van der Waals surface area contributed by atoms with Crippen LogP contribution in [-0.4, -0.2) is 28.2 Å². The van der Waals surface area contributed by atoms with E-state index in [0.717, 1.165) is 5.56 Å². The van der Waals surface area contributed by atoms with Crippen molar-refractivity contribution >= 4 is 22.6 Å². The average Bonchev–Trinajstić information content (AvgIpc) is 2.73. The number of hydrogen-bond acceptors (Lipinski definition) is 5. The monoisotopic (exact) mass is 393 g/mol. The van der Waals surface area contributed by atoms with Crippen molar-refractivity contribution in [2.75, 3.05) is 6.54 Å². The van der Waals surface area contributed by atoms with Gasteiger partial charge in [0.05, 0.1) is 5.39 Å². The van der Waals surface area contributed by atoms with E-state index < -0.39 is 11.9 Å². The van der Waals surface area contributed by atoms with Crippen LogP contribution in [0.1, 0.15) is 29.9 Å². The Morgan fingerprint density at radius 3 is 2.38 bits per heavy atom. The highest BCUT2D eigenvalue weighted by Crippen LogP contribution is 2.13. The number of benzene rings is 2. The van der Waals surface area contributed by atoms with E-state index in [9.17, 15) is 14.4 Å². The molecule has 0 spiro atoms. The standard InChI is InChI=1S/C22H23N3O4/c1-15(2)13-25-22(28)18-11-7-6-10-17(18)20(24-25)21(27)23-12-19(26)29-14-16-8-4-3-5-9-16/h3-11,15H,12-14H2,1-2H3,(H,23,27). The number of aromatic nitrogens is 2. The van der Waals surface area contributed by atoms with Gasteiger partial charge in [0.1, 0.15) is 13.2 Å². The highest BCUT2D eigenvalue weighted by atomic mass is 16.5. The third kappa shape index (κ3) is 5.07. The fourth-order valence-corrected chi connectivity index (χ4v) is 2.90. The first-order chi connectivity index (χ1) is 14.0. The molecule has 1 heterocycles. The second kappa shape index (κ2) is 9.14. The molecule has 1 aromatic heterocycles. The van der Waals surface area contributed by atoms with Gasteiger partial charge in [0, 0.05) is 11.9 Å². The number of nitrogens with one attached hydrogen (secondary N) is 1. The number of carbonyl (C=O) groups excluding carboxylic acids is 2. The van der Waals surface area contributed by atoms with Gasteiger partial charge >= 0.3 is 5.97 Å². The van der Waals surface area contributed by atoms with Gasteiger partial charge in [-0.05, 0) is 17.5 Å². The van der Waals surface area contributed by atoms with Crippen molar-refractivity contribution in [3.8, 4) is 0 Å². The van der Waals surface area contributed by atoms with Gasteiger partial charge in [-0.15, -0.1) is 0 Å². The zero-order valence-electron chi connectivity index (χ0n) is 16.4. The Hall–Kier alpha value is -3.48. The second-order valence-corrected chi connectivity index (χ2v) is 7.10. The molecule has 0 unspecified atom stereocenters. The van der Waals surface area contributed by atoms with Crippen molar-refractivity contribution in [1.82, 2.24) is 15.1 Å². The lowest BCUT2D eigenvalue weighted by Gasteiger charge is -2.12. The molecule has 0 atom stereocenters. The maximum Gasteiger partial charge on any atom is 0.325 e. The molecular formula is C22H23N3O4. The zero-order valence-corrected chi connectivity index (χ0v) is 16.4. The Balaban J connectivity index is 1.73. The van der Waals surface area contributed by atoms with E-state index >= 15 is 0 Å². The molecule has 0 radical (unpaired) electrons. The van der Waals surface area contributed by atoms with Gasteiger partial charge in [0.25, 0.3) is 11.5 Å². The minimum Gasteiger partial charge on any atom is -0.460 e. The number of nitrogens with zero attached hydrogens (tertiary/aromatic N) is 2. The lowest BCUT2D eigenvalue weighted by Crippen LogP contribution is -2.34. The summed E-state index contributed by atoms with van der Waals surface area (Å²) in [5.74, 6) is -0.900. The quantitative estimate of drug-likeness (QED) is 0.623. The van der Waals surface area contributed by atoms with E-state index in [2.05, 4.69) is 10.4 Å². The highest BCUT2D eigenvalue weighted by Gasteiger charge is 2.18. The van der Waals surface area contributed by atoms with Gasteiger partial charge in [-0.25, -0.2) is 4.68 Å². The molecule has 0 aliphatic heterocycles. The summed E-state index contributed by atoms with van der Waals surface area (Å²) < 4.78 is 6.47. The minimum atomic E-state index is -0.554. The van der Waals surface area contributed by atoms with Gasteiger partial charge in [-0.3, -0.25) is 14.4 Å². The smallest absolute Gasteiger partial charge is 0.325 e. The summed E-state index contributed by atoms with van der Waals surface area (Å²) in [4.78, 5) is 37.3. The molecule has 1 N–H and O–H groups in total. The summed E-state index contributed by atoms with van der Waals surface area (Å²) in [7, 11) is 0. The van der Waals surface area contributed by atoms with Gasteiger partial charge < -0.3 is 10.1 Å². The normalized spacial score (nSPS) is 10.9. The van der Waals surface area contributed by atoms with Gasteiger partial charge in [0.2, 0.25) is 0 Å². The third-order valence-corrected chi connectivity index (χ3v) is 4.26. The van der Waals surface area contributed by atoms with Crippen LogP contribution in [0.25, 0.3) is 10.8 Å². The number of carbonyl (C=O) groups is 2. The first kappa shape index (κ1) is 20.3. The Labute approximate surface area is 168 Å². The van der Waals surface area contributed by atoms with Crippen molar-refractivity contribution in [2.24, 2.45) is 5.92 Å². The fraction of sp³-hybridized carbons (Fsp3) is 0.273. The molecular weight excluding hydrogens is 370 g/mol. The van der Waals surface area contributed by atoms with Crippen LogP contribution in [0, 0.1) is 5.92 Å². The Morgan fingerprint density at radius 2 is 1.69 bits per heavy atom. The SMILES string of the molecule is CC(C)Cn1nc(C(=O)NCC(=O)OCc2ccccc2)c2ccccc2c1=O. The summed E-state index contributed by atoms with van der Waals surface area (Å²) >= 11 is 0. The van der Waals surface area contributed by atoms with Crippen molar-refractivity contribution in [1.29, 1.82) is 0 Å². The number of rotatable bonds is 7. The molecule has 3 aromatic rings. The van der Waals surface area contributed by atoms with Crippen LogP contribution in [0.15, 0.2) is 59.4 Å². The van der Waals surface area contributed by atoms with Crippen LogP contribution in [0.3, 0.4) is 0 Å².